The first-order valence-electron chi connectivity index (χ1n) is 4.08. The third-order valence-corrected chi connectivity index (χ3v) is 2.68. The molecular formula is C7H14O6S. The van der Waals surface area contributed by atoms with Crippen LogP contribution >= 0.6 is 0 Å². The first kappa shape index (κ1) is 13.3. The van der Waals surface area contributed by atoms with E-state index in [2.05, 4.69) is 0 Å². The number of hydrogen-bond acceptors (Lipinski definition) is 4. The second kappa shape index (κ2) is 4.72. The van der Waals surface area contributed by atoms with E-state index in [9.17, 15) is 18.3 Å². The highest BCUT2D eigenvalue weighted by Crippen LogP contribution is 2.20. The van der Waals surface area contributed by atoms with Crippen LogP contribution in [-0.4, -0.2) is 40.5 Å². The summed E-state index contributed by atoms with van der Waals surface area (Å²) in [7, 11) is -4.16. The molecule has 84 valence electrons. The zero-order chi connectivity index (χ0) is 11.4. The van der Waals surface area contributed by atoms with Gasteiger partial charge in [-0.1, -0.05) is 6.92 Å². The standard InChI is InChI=1S/C7H14O6S/c1-2-7(10,5-6(8)9)3-4-14(11,12)13/h10H,2-5H2,1H3,(H,8,9)(H,11,12,13). The van der Waals surface area contributed by atoms with E-state index in [1.807, 2.05) is 0 Å². The lowest BCUT2D eigenvalue weighted by Crippen LogP contribution is -2.33. The molecule has 0 aliphatic rings. The fraction of sp³-hybridized carbons (Fsp3) is 0.857. The molecule has 0 spiro atoms. The van der Waals surface area contributed by atoms with Crippen LogP contribution in [0.1, 0.15) is 26.2 Å². The van der Waals surface area contributed by atoms with E-state index in [0.29, 0.717) is 0 Å². The van der Waals surface area contributed by atoms with E-state index in [1.165, 1.54) is 0 Å². The van der Waals surface area contributed by atoms with Gasteiger partial charge in [0.15, 0.2) is 0 Å². The van der Waals surface area contributed by atoms with Gasteiger partial charge in [-0.15, -0.1) is 0 Å². The molecule has 0 saturated carbocycles. The van der Waals surface area contributed by atoms with Crippen LogP contribution in [0, 0.1) is 0 Å². The van der Waals surface area contributed by atoms with Crippen LogP contribution in [0.4, 0.5) is 0 Å². The minimum Gasteiger partial charge on any atom is -0.481 e. The molecule has 1 unspecified atom stereocenters. The molecule has 0 bridgehead atoms. The zero-order valence-corrected chi connectivity index (χ0v) is 8.62. The van der Waals surface area contributed by atoms with Gasteiger partial charge in [-0.3, -0.25) is 9.35 Å². The zero-order valence-electron chi connectivity index (χ0n) is 7.80. The van der Waals surface area contributed by atoms with Crippen molar-refractivity contribution < 1.29 is 28.0 Å². The van der Waals surface area contributed by atoms with Crippen molar-refractivity contribution in [3.63, 3.8) is 0 Å². The number of carboxylic acid groups (broad SMARTS) is 1. The number of aliphatic hydroxyl groups is 1. The van der Waals surface area contributed by atoms with Gasteiger partial charge in [-0.05, 0) is 12.8 Å². The number of rotatable bonds is 6. The Hall–Kier alpha value is -0.660. The summed E-state index contributed by atoms with van der Waals surface area (Å²) in [5.74, 6) is -1.84. The Labute approximate surface area is 82.3 Å². The Bertz CT molecular complexity index is 295. The molecule has 6 nitrogen and oxygen atoms in total. The van der Waals surface area contributed by atoms with Gasteiger partial charge in [0.25, 0.3) is 10.1 Å². The number of carbonyl (C=O) groups is 1. The van der Waals surface area contributed by atoms with E-state index in [0.717, 1.165) is 0 Å². The van der Waals surface area contributed by atoms with Gasteiger partial charge in [-0.25, -0.2) is 0 Å². The van der Waals surface area contributed by atoms with Crippen LogP contribution in [0.25, 0.3) is 0 Å². The molecule has 0 aromatic carbocycles. The smallest absolute Gasteiger partial charge is 0.306 e. The maximum absolute atomic E-state index is 10.4. The molecule has 14 heavy (non-hydrogen) atoms. The number of carboxylic acids is 1. The summed E-state index contributed by atoms with van der Waals surface area (Å²) in [5, 5.41) is 18.0. The summed E-state index contributed by atoms with van der Waals surface area (Å²) < 4.78 is 29.2. The summed E-state index contributed by atoms with van der Waals surface area (Å²) in [6.45, 7) is 1.55. The van der Waals surface area contributed by atoms with Gasteiger partial charge in [0.05, 0.1) is 17.8 Å². The first-order chi connectivity index (χ1) is 6.18. The highest BCUT2D eigenvalue weighted by atomic mass is 32.2. The molecule has 0 radical (unpaired) electrons. The third kappa shape index (κ3) is 5.90. The second-order valence-electron chi connectivity index (χ2n) is 3.18. The van der Waals surface area contributed by atoms with Crippen LogP contribution in [0.5, 0.6) is 0 Å². The SMILES string of the molecule is CCC(O)(CCS(=O)(=O)O)CC(=O)O. The minimum absolute atomic E-state index is 0.120. The Morgan fingerprint density at radius 2 is 1.93 bits per heavy atom. The van der Waals surface area contributed by atoms with E-state index in [-0.39, 0.29) is 12.8 Å². The van der Waals surface area contributed by atoms with Crippen LogP contribution in [0.15, 0.2) is 0 Å². The van der Waals surface area contributed by atoms with Crippen molar-refractivity contribution in [1.82, 2.24) is 0 Å². The molecule has 0 amide bonds. The molecule has 1 atom stereocenters. The van der Waals surface area contributed by atoms with Gasteiger partial charge >= 0.3 is 5.97 Å². The van der Waals surface area contributed by atoms with Gasteiger partial charge < -0.3 is 10.2 Å². The lowest BCUT2D eigenvalue weighted by molar-refractivity contribution is -0.142. The maximum atomic E-state index is 10.4. The number of hydrogen-bond donors (Lipinski definition) is 3. The predicted octanol–water partition coefficient (Wildman–Crippen LogP) is -0.120. The molecule has 0 aromatic rings. The molecule has 0 fully saturated rings. The van der Waals surface area contributed by atoms with Crippen molar-refractivity contribution >= 4 is 16.1 Å². The highest BCUT2D eigenvalue weighted by molar-refractivity contribution is 7.85. The van der Waals surface area contributed by atoms with Gasteiger partial charge in [-0.2, -0.15) is 8.42 Å². The molecule has 0 heterocycles. The summed E-state index contributed by atoms with van der Waals surface area (Å²) in [5.41, 5.74) is -1.57. The maximum Gasteiger partial charge on any atom is 0.306 e. The fourth-order valence-electron chi connectivity index (χ4n) is 0.991. The quantitative estimate of drug-likeness (QED) is 0.544. The topological polar surface area (TPSA) is 112 Å². The average molecular weight is 226 g/mol. The Balaban J connectivity index is 4.33. The van der Waals surface area contributed by atoms with E-state index in [4.69, 9.17) is 9.66 Å². The molecule has 0 saturated heterocycles. The largest absolute Gasteiger partial charge is 0.481 e. The lowest BCUT2D eigenvalue weighted by atomic mass is 9.94. The molecule has 3 N–H and O–H groups in total. The Morgan fingerprint density at radius 3 is 2.21 bits per heavy atom. The van der Waals surface area contributed by atoms with Gasteiger partial charge in [0.1, 0.15) is 0 Å². The van der Waals surface area contributed by atoms with Crippen molar-refractivity contribution in [2.75, 3.05) is 5.75 Å². The molecule has 7 heteroatoms. The lowest BCUT2D eigenvalue weighted by Gasteiger charge is -2.23. The second-order valence-corrected chi connectivity index (χ2v) is 4.76. The third-order valence-electron chi connectivity index (χ3n) is 1.96. The predicted molar refractivity (Wildman–Crippen MR) is 48.5 cm³/mol. The minimum atomic E-state index is -4.16. The molecule has 0 aromatic heterocycles. The molecule has 0 aliphatic carbocycles. The summed E-state index contributed by atoms with van der Waals surface area (Å²) in [4.78, 5) is 10.3. The highest BCUT2D eigenvalue weighted by Gasteiger charge is 2.29. The van der Waals surface area contributed by atoms with Crippen LogP contribution in [-0.2, 0) is 14.9 Å². The van der Waals surface area contributed by atoms with Crippen molar-refractivity contribution in [2.45, 2.75) is 31.8 Å². The number of aliphatic carboxylic acids is 1. The Kier molecular flexibility index (Phi) is 4.50. The van der Waals surface area contributed by atoms with Crippen LogP contribution < -0.4 is 0 Å². The van der Waals surface area contributed by atoms with Crippen molar-refractivity contribution in [3.8, 4) is 0 Å². The van der Waals surface area contributed by atoms with Crippen molar-refractivity contribution in [1.29, 1.82) is 0 Å². The van der Waals surface area contributed by atoms with Crippen molar-refractivity contribution in [2.24, 2.45) is 0 Å². The molecular weight excluding hydrogens is 212 g/mol. The van der Waals surface area contributed by atoms with Crippen molar-refractivity contribution in [3.05, 3.63) is 0 Å². The first-order valence-corrected chi connectivity index (χ1v) is 5.69. The Morgan fingerprint density at radius 1 is 1.43 bits per heavy atom. The van der Waals surface area contributed by atoms with E-state index in [1.54, 1.807) is 6.92 Å². The van der Waals surface area contributed by atoms with Gasteiger partial charge in [0, 0.05) is 0 Å². The van der Waals surface area contributed by atoms with Gasteiger partial charge in [0.2, 0.25) is 0 Å². The fourth-order valence-corrected chi connectivity index (χ4v) is 1.63. The monoisotopic (exact) mass is 226 g/mol. The molecule has 0 rings (SSSR count). The normalized spacial score (nSPS) is 16.2. The summed E-state index contributed by atoms with van der Waals surface area (Å²) in [6.07, 6.45) is -0.692. The van der Waals surface area contributed by atoms with E-state index < -0.39 is 33.9 Å². The average Bonchev–Trinajstić information content (AvgIpc) is 1.99. The van der Waals surface area contributed by atoms with E-state index >= 15 is 0 Å². The summed E-state index contributed by atoms with van der Waals surface area (Å²) >= 11 is 0. The summed E-state index contributed by atoms with van der Waals surface area (Å²) in [6, 6.07) is 0. The molecule has 0 aliphatic heterocycles. The van der Waals surface area contributed by atoms with Crippen LogP contribution in [0.3, 0.4) is 0 Å². The van der Waals surface area contributed by atoms with Crippen LogP contribution in [0.2, 0.25) is 0 Å².